The molecule has 2 aromatic carbocycles. The van der Waals surface area contributed by atoms with Crippen LogP contribution in [0.1, 0.15) is 39.3 Å². The maximum absolute atomic E-state index is 12.9. The minimum absolute atomic E-state index is 0. The van der Waals surface area contributed by atoms with Gasteiger partial charge in [0.2, 0.25) is 0 Å². The summed E-state index contributed by atoms with van der Waals surface area (Å²) < 4.78 is 1.81. The number of amides is 1. The topological polar surface area (TPSA) is 103 Å². The number of halogens is 2. The molecule has 0 spiro atoms. The van der Waals surface area contributed by atoms with E-state index in [0.29, 0.717) is 45.0 Å². The molecule has 0 radical (unpaired) electrons. The maximum atomic E-state index is 12.9. The van der Waals surface area contributed by atoms with Crippen molar-refractivity contribution in [2.45, 2.75) is 20.4 Å². The fraction of sp³-hybridized carbons (Fsp3) is 0.120. The first-order chi connectivity index (χ1) is 15.9. The largest absolute Gasteiger partial charge is 0.369 e. The molecule has 4 rings (SSSR count). The summed E-state index contributed by atoms with van der Waals surface area (Å²) >= 11 is 12.0. The van der Waals surface area contributed by atoms with Crippen LogP contribution < -0.4 is 11.1 Å². The van der Waals surface area contributed by atoms with Gasteiger partial charge in [-0.15, -0.1) is 0 Å². The average molecular weight is 496 g/mol. The number of nitrogens with zero attached hydrogens (tertiary/aromatic N) is 3. The molecule has 0 aliphatic rings. The van der Waals surface area contributed by atoms with Gasteiger partial charge in [-0.2, -0.15) is 0 Å². The third kappa shape index (κ3) is 6.01. The number of hydrogen-bond acceptors (Lipinski definition) is 5. The number of carbonyl (C=O) groups is 2. The molecule has 9 heteroatoms. The van der Waals surface area contributed by atoms with Gasteiger partial charge in [0.25, 0.3) is 5.91 Å². The number of anilines is 2. The summed E-state index contributed by atoms with van der Waals surface area (Å²) in [6.07, 6.45) is 4.91. The highest BCUT2D eigenvalue weighted by Crippen LogP contribution is 2.20. The molecule has 3 N–H and O–H groups in total. The van der Waals surface area contributed by atoms with Gasteiger partial charge in [-0.05, 0) is 35.4 Å². The minimum Gasteiger partial charge on any atom is -0.369 e. The highest BCUT2D eigenvalue weighted by molar-refractivity contribution is 6.31. The number of nitrogens with two attached hydrogens (primary N) is 1. The molecular weight excluding hydrogens is 473 g/mol. The molecule has 34 heavy (non-hydrogen) atoms. The van der Waals surface area contributed by atoms with Crippen molar-refractivity contribution in [3.05, 3.63) is 105 Å². The number of carbonyl (C=O) groups excluding carboxylic acids is 2. The molecule has 0 fully saturated rings. The van der Waals surface area contributed by atoms with Gasteiger partial charge in [0.1, 0.15) is 5.82 Å². The number of benzene rings is 2. The zero-order chi connectivity index (χ0) is 23.4. The van der Waals surface area contributed by atoms with E-state index in [1.54, 1.807) is 48.8 Å². The molecule has 2 heterocycles. The van der Waals surface area contributed by atoms with Crippen LogP contribution in [0.15, 0.2) is 73.2 Å². The Morgan fingerprint density at radius 1 is 0.971 bits per heavy atom. The average Bonchev–Trinajstić information content (AvgIpc) is 3.21. The van der Waals surface area contributed by atoms with E-state index in [9.17, 15) is 9.59 Å². The van der Waals surface area contributed by atoms with E-state index in [4.69, 9.17) is 28.9 Å². The summed E-state index contributed by atoms with van der Waals surface area (Å²) in [7, 11) is 0. The van der Waals surface area contributed by atoms with Crippen LogP contribution in [0.2, 0.25) is 10.0 Å². The summed E-state index contributed by atoms with van der Waals surface area (Å²) in [5, 5.41) is 3.55. The van der Waals surface area contributed by atoms with Crippen LogP contribution in [0, 0.1) is 0 Å². The highest BCUT2D eigenvalue weighted by atomic mass is 35.5. The molecule has 0 aliphatic carbocycles. The van der Waals surface area contributed by atoms with Crippen molar-refractivity contribution < 1.29 is 9.59 Å². The Balaban J connectivity index is 0.00000324. The van der Waals surface area contributed by atoms with E-state index in [2.05, 4.69) is 15.3 Å². The fourth-order valence-electron chi connectivity index (χ4n) is 3.29. The molecule has 7 nitrogen and oxygen atoms in total. The summed E-state index contributed by atoms with van der Waals surface area (Å²) in [6.45, 7) is 0.556. The lowest BCUT2D eigenvalue weighted by molar-refractivity contribution is 0.0992. The maximum Gasteiger partial charge on any atom is 0.257 e. The van der Waals surface area contributed by atoms with Crippen LogP contribution in [0.3, 0.4) is 0 Å². The molecule has 174 valence electrons. The second-order valence-electron chi connectivity index (χ2n) is 7.33. The number of imidazole rings is 1. The molecule has 0 aliphatic heterocycles. The van der Waals surface area contributed by atoms with Crippen molar-refractivity contribution in [3.63, 3.8) is 0 Å². The number of pyridine rings is 1. The standard InChI is InChI=1S/C24H19Cl2N5O2.CH4/c25-18-6-5-17(20(12-18)23(33)30-22-8-7-19(26)13-29-22)11-21(32)16-3-1-15(2-4-16)14-31-10-9-28-24(31)27;/h1-10,12-13H,11,14H2,(H2,27,28)(H,29,30,33);1H4. The first kappa shape index (κ1) is 25.0. The number of hydrogen-bond donors (Lipinski definition) is 2. The van der Waals surface area contributed by atoms with Crippen LogP contribution in [0.5, 0.6) is 0 Å². The highest BCUT2D eigenvalue weighted by Gasteiger charge is 2.17. The predicted octanol–water partition coefficient (Wildman–Crippen LogP) is 5.53. The second-order valence-corrected chi connectivity index (χ2v) is 8.20. The minimum atomic E-state index is -0.414. The van der Waals surface area contributed by atoms with Crippen molar-refractivity contribution in [1.82, 2.24) is 14.5 Å². The predicted molar refractivity (Wildman–Crippen MR) is 136 cm³/mol. The summed E-state index contributed by atoms with van der Waals surface area (Å²) in [5.74, 6) is 0.237. The Kier molecular flexibility index (Phi) is 8.04. The quantitative estimate of drug-likeness (QED) is 0.328. The third-order valence-electron chi connectivity index (χ3n) is 5.01. The van der Waals surface area contributed by atoms with Crippen molar-refractivity contribution in [3.8, 4) is 0 Å². The van der Waals surface area contributed by atoms with Crippen LogP contribution >= 0.6 is 23.2 Å². The summed E-state index contributed by atoms with van der Waals surface area (Å²) in [5.41, 5.74) is 8.19. The Morgan fingerprint density at radius 2 is 1.71 bits per heavy atom. The van der Waals surface area contributed by atoms with Crippen LogP contribution in [0.25, 0.3) is 0 Å². The van der Waals surface area contributed by atoms with Crippen molar-refractivity contribution in [2.75, 3.05) is 11.1 Å². The van der Waals surface area contributed by atoms with Gasteiger partial charge >= 0.3 is 0 Å². The summed E-state index contributed by atoms with van der Waals surface area (Å²) in [4.78, 5) is 33.8. The molecular formula is C25H23Cl2N5O2. The van der Waals surface area contributed by atoms with E-state index in [1.165, 1.54) is 12.3 Å². The van der Waals surface area contributed by atoms with Gasteiger partial charge in [-0.1, -0.05) is 61.0 Å². The van der Waals surface area contributed by atoms with Gasteiger partial charge in [0.15, 0.2) is 11.7 Å². The van der Waals surface area contributed by atoms with E-state index in [1.807, 2.05) is 16.7 Å². The number of rotatable bonds is 7. The molecule has 1 amide bonds. The normalized spacial score (nSPS) is 10.4. The molecule has 4 aromatic rings. The first-order valence-corrected chi connectivity index (χ1v) is 10.7. The second kappa shape index (κ2) is 11.0. The van der Waals surface area contributed by atoms with Crippen molar-refractivity contribution in [1.29, 1.82) is 0 Å². The van der Waals surface area contributed by atoms with Gasteiger partial charge in [-0.3, -0.25) is 9.59 Å². The lowest BCUT2D eigenvalue weighted by atomic mass is 9.97. The monoisotopic (exact) mass is 495 g/mol. The van der Waals surface area contributed by atoms with E-state index < -0.39 is 5.91 Å². The van der Waals surface area contributed by atoms with Crippen molar-refractivity contribution in [2.24, 2.45) is 0 Å². The number of nitrogens with one attached hydrogen (secondary N) is 1. The third-order valence-corrected chi connectivity index (χ3v) is 5.47. The fourth-order valence-corrected chi connectivity index (χ4v) is 3.57. The molecule has 0 bridgehead atoms. The lowest BCUT2D eigenvalue weighted by Crippen LogP contribution is -2.17. The van der Waals surface area contributed by atoms with E-state index in [-0.39, 0.29) is 19.6 Å². The Hall–Kier alpha value is -3.68. The SMILES string of the molecule is C.Nc1nccn1Cc1ccc(C(=O)Cc2ccc(Cl)cc2C(=O)Nc2ccc(Cl)cn2)cc1. The van der Waals surface area contributed by atoms with Crippen LogP contribution in [-0.4, -0.2) is 26.2 Å². The molecule has 0 saturated carbocycles. The Bertz CT molecular complexity index is 1300. The molecule has 2 aromatic heterocycles. The smallest absolute Gasteiger partial charge is 0.257 e. The van der Waals surface area contributed by atoms with Gasteiger partial charge in [-0.25, -0.2) is 9.97 Å². The summed E-state index contributed by atoms with van der Waals surface area (Å²) in [6, 6.07) is 15.3. The van der Waals surface area contributed by atoms with E-state index in [0.717, 1.165) is 5.56 Å². The van der Waals surface area contributed by atoms with Gasteiger partial charge in [0.05, 0.1) is 11.6 Å². The van der Waals surface area contributed by atoms with Crippen LogP contribution in [0.4, 0.5) is 11.8 Å². The van der Waals surface area contributed by atoms with Crippen molar-refractivity contribution >= 4 is 46.7 Å². The molecule has 0 saturated heterocycles. The van der Waals surface area contributed by atoms with E-state index >= 15 is 0 Å². The first-order valence-electron chi connectivity index (χ1n) is 9.99. The number of ketones is 1. The Labute approximate surface area is 207 Å². The molecule has 0 unspecified atom stereocenters. The Morgan fingerprint density at radius 3 is 2.35 bits per heavy atom. The number of nitrogen functional groups attached to an aromatic ring is 1. The van der Waals surface area contributed by atoms with Gasteiger partial charge in [0, 0.05) is 41.2 Å². The molecule has 0 atom stereocenters. The lowest BCUT2D eigenvalue weighted by Gasteiger charge is -2.11. The van der Waals surface area contributed by atoms with Crippen LogP contribution in [-0.2, 0) is 13.0 Å². The number of aromatic nitrogens is 3. The zero-order valence-electron chi connectivity index (χ0n) is 17.3. The zero-order valence-corrected chi connectivity index (χ0v) is 18.8. The number of Topliss-reactive ketones (excluding diaryl/α,β-unsaturated/α-hetero) is 1. The van der Waals surface area contributed by atoms with Gasteiger partial charge < -0.3 is 15.6 Å².